The van der Waals surface area contributed by atoms with E-state index in [1.165, 1.54) is 6.42 Å². The van der Waals surface area contributed by atoms with Gasteiger partial charge < -0.3 is 10.6 Å². The van der Waals surface area contributed by atoms with Gasteiger partial charge in [-0.15, -0.1) is 10.2 Å². The molecule has 1 heterocycles. The molecule has 3 unspecified atom stereocenters. The minimum absolute atomic E-state index is 0.448. The molecule has 2 aliphatic carbocycles. The summed E-state index contributed by atoms with van der Waals surface area (Å²) in [7, 11) is 0. The molecule has 7 heteroatoms. The van der Waals surface area contributed by atoms with Gasteiger partial charge in [0, 0.05) is 12.2 Å². The van der Waals surface area contributed by atoms with Crippen molar-refractivity contribution in [3.63, 3.8) is 0 Å². The Labute approximate surface area is 145 Å². The topological polar surface area (TPSA) is 88.9 Å². The Morgan fingerprint density at radius 1 is 1.12 bits per heavy atom. The summed E-state index contributed by atoms with van der Waals surface area (Å²) in [4.78, 5) is 24.2. The van der Waals surface area contributed by atoms with Crippen LogP contribution >= 0.6 is 0 Å². The van der Waals surface area contributed by atoms with Crippen LogP contribution in [0.3, 0.4) is 0 Å². The second kappa shape index (κ2) is 6.51. The Morgan fingerprint density at radius 3 is 2.68 bits per heavy atom. The Morgan fingerprint density at radius 2 is 1.96 bits per heavy atom. The highest BCUT2D eigenvalue weighted by molar-refractivity contribution is 6.39. The summed E-state index contributed by atoms with van der Waals surface area (Å²) in [6.45, 7) is 0.554. The number of fused-ring (bicyclic) bond motifs is 2. The SMILES string of the molecule is O=C(NCC1CC2C=CC1C2)C(=O)Nc1cccc(-n2cnnc2)c1. The Hall–Kier alpha value is -2.96. The van der Waals surface area contributed by atoms with Gasteiger partial charge in [0.15, 0.2) is 0 Å². The molecule has 1 aromatic heterocycles. The van der Waals surface area contributed by atoms with Crippen LogP contribution in [-0.4, -0.2) is 33.1 Å². The summed E-state index contributed by atoms with van der Waals surface area (Å²) in [6.07, 6.45) is 9.92. The molecule has 2 amide bonds. The molecule has 2 aromatic rings. The van der Waals surface area contributed by atoms with Crippen LogP contribution in [0.2, 0.25) is 0 Å². The number of amides is 2. The molecule has 3 atom stereocenters. The molecular weight excluding hydrogens is 318 g/mol. The molecular formula is C18H19N5O2. The fourth-order valence-electron chi connectivity index (χ4n) is 3.70. The van der Waals surface area contributed by atoms with Crippen LogP contribution in [0.15, 0.2) is 49.1 Å². The molecule has 0 saturated heterocycles. The Balaban J connectivity index is 1.33. The smallest absolute Gasteiger partial charge is 0.313 e. The fraction of sp³-hybridized carbons (Fsp3) is 0.333. The molecule has 2 N–H and O–H groups in total. The average molecular weight is 337 g/mol. The number of hydrogen-bond acceptors (Lipinski definition) is 4. The number of carbonyl (C=O) groups is 2. The second-order valence-corrected chi connectivity index (χ2v) is 6.62. The number of carbonyl (C=O) groups excluding carboxylic acids is 2. The van der Waals surface area contributed by atoms with E-state index < -0.39 is 11.8 Å². The van der Waals surface area contributed by atoms with Crippen molar-refractivity contribution >= 4 is 17.5 Å². The van der Waals surface area contributed by atoms with Crippen LogP contribution in [0.5, 0.6) is 0 Å². The third kappa shape index (κ3) is 3.31. The molecule has 0 spiro atoms. The van der Waals surface area contributed by atoms with Crippen LogP contribution in [-0.2, 0) is 9.59 Å². The monoisotopic (exact) mass is 337 g/mol. The van der Waals surface area contributed by atoms with E-state index in [0.29, 0.717) is 30.0 Å². The number of benzene rings is 1. The first-order valence-corrected chi connectivity index (χ1v) is 8.41. The number of nitrogens with zero attached hydrogens (tertiary/aromatic N) is 3. The van der Waals surface area contributed by atoms with Crippen molar-refractivity contribution in [3.8, 4) is 5.69 Å². The minimum atomic E-state index is -0.653. The molecule has 7 nitrogen and oxygen atoms in total. The third-order valence-corrected chi connectivity index (χ3v) is 4.97. The van der Waals surface area contributed by atoms with Gasteiger partial charge in [-0.1, -0.05) is 18.2 Å². The quantitative estimate of drug-likeness (QED) is 0.654. The van der Waals surface area contributed by atoms with Crippen molar-refractivity contribution in [1.29, 1.82) is 0 Å². The molecule has 0 radical (unpaired) electrons. The van der Waals surface area contributed by atoms with E-state index in [1.54, 1.807) is 35.4 Å². The van der Waals surface area contributed by atoms with Gasteiger partial charge in [-0.2, -0.15) is 0 Å². The van der Waals surface area contributed by atoms with Gasteiger partial charge in [-0.25, -0.2) is 0 Å². The van der Waals surface area contributed by atoms with Gasteiger partial charge in [-0.3, -0.25) is 14.2 Å². The summed E-state index contributed by atoms with van der Waals surface area (Å²) in [5.41, 5.74) is 1.35. The zero-order chi connectivity index (χ0) is 17.2. The van der Waals surface area contributed by atoms with E-state index >= 15 is 0 Å². The average Bonchev–Trinajstić information content (AvgIpc) is 3.37. The summed E-state index contributed by atoms with van der Waals surface area (Å²) in [6, 6.07) is 7.15. The minimum Gasteiger partial charge on any atom is -0.348 e. The highest BCUT2D eigenvalue weighted by atomic mass is 16.2. The highest BCUT2D eigenvalue weighted by Crippen LogP contribution is 2.42. The van der Waals surface area contributed by atoms with Gasteiger partial charge in [0.05, 0.1) is 5.69 Å². The van der Waals surface area contributed by atoms with Crippen molar-refractivity contribution in [1.82, 2.24) is 20.1 Å². The van der Waals surface area contributed by atoms with Gasteiger partial charge in [0.1, 0.15) is 12.7 Å². The maximum absolute atomic E-state index is 12.1. The van der Waals surface area contributed by atoms with E-state index in [4.69, 9.17) is 0 Å². The van der Waals surface area contributed by atoms with Gasteiger partial charge in [0.2, 0.25) is 0 Å². The zero-order valence-electron chi connectivity index (χ0n) is 13.6. The first kappa shape index (κ1) is 15.6. The molecule has 2 bridgehead atoms. The number of rotatable bonds is 4. The fourth-order valence-corrected chi connectivity index (χ4v) is 3.70. The van der Waals surface area contributed by atoms with Gasteiger partial charge in [0.25, 0.3) is 0 Å². The predicted molar refractivity (Wildman–Crippen MR) is 91.8 cm³/mol. The maximum Gasteiger partial charge on any atom is 0.313 e. The van der Waals surface area contributed by atoms with Crippen molar-refractivity contribution in [2.24, 2.45) is 17.8 Å². The molecule has 1 aromatic carbocycles. The van der Waals surface area contributed by atoms with Crippen molar-refractivity contribution in [2.75, 3.05) is 11.9 Å². The van der Waals surface area contributed by atoms with E-state index in [9.17, 15) is 9.59 Å². The van der Waals surface area contributed by atoms with Gasteiger partial charge >= 0.3 is 11.8 Å². The number of aromatic nitrogens is 3. The van der Waals surface area contributed by atoms with E-state index in [0.717, 1.165) is 12.1 Å². The third-order valence-electron chi connectivity index (χ3n) is 4.97. The molecule has 4 rings (SSSR count). The van der Waals surface area contributed by atoms with Crippen LogP contribution in [0.1, 0.15) is 12.8 Å². The normalized spacial score (nSPS) is 23.6. The summed E-state index contributed by atoms with van der Waals surface area (Å²) in [5.74, 6) is 0.403. The first-order chi connectivity index (χ1) is 12.2. The van der Waals surface area contributed by atoms with Crippen LogP contribution < -0.4 is 10.6 Å². The Bertz CT molecular complexity index is 815. The largest absolute Gasteiger partial charge is 0.348 e. The molecule has 2 aliphatic rings. The van der Waals surface area contributed by atoms with Crippen LogP contribution in [0.4, 0.5) is 5.69 Å². The summed E-state index contributed by atoms with van der Waals surface area (Å²) >= 11 is 0. The summed E-state index contributed by atoms with van der Waals surface area (Å²) < 4.78 is 1.72. The zero-order valence-corrected chi connectivity index (χ0v) is 13.6. The maximum atomic E-state index is 12.1. The van der Waals surface area contributed by atoms with E-state index in [1.807, 2.05) is 6.07 Å². The number of allylic oxidation sites excluding steroid dienone is 2. The van der Waals surface area contributed by atoms with E-state index in [2.05, 4.69) is 33.0 Å². The van der Waals surface area contributed by atoms with Crippen molar-refractivity contribution < 1.29 is 9.59 Å². The molecule has 25 heavy (non-hydrogen) atoms. The second-order valence-electron chi connectivity index (χ2n) is 6.62. The van der Waals surface area contributed by atoms with Crippen molar-refractivity contribution in [3.05, 3.63) is 49.1 Å². The lowest BCUT2D eigenvalue weighted by Gasteiger charge is -2.18. The molecule has 1 fully saturated rings. The van der Waals surface area contributed by atoms with Crippen LogP contribution in [0, 0.1) is 17.8 Å². The van der Waals surface area contributed by atoms with Gasteiger partial charge in [-0.05, 0) is 48.8 Å². The molecule has 0 aliphatic heterocycles. The first-order valence-electron chi connectivity index (χ1n) is 8.41. The standard InChI is InChI=1S/C18H19N5O2/c24-17(19-9-14-7-12-4-5-13(14)6-12)18(25)22-15-2-1-3-16(8-15)23-10-20-21-11-23/h1-5,8,10-14H,6-7,9H2,(H,19,24)(H,22,25). The van der Waals surface area contributed by atoms with E-state index in [-0.39, 0.29) is 0 Å². The van der Waals surface area contributed by atoms with Crippen LogP contribution in [0.25, 0.3) is 5.69 Å². The number of hydrogen-bond donors (Lipinski definition) is 2. The number of anilines is 1. The lowest BCUT2D eigenvalue weighted by Crippen LogP contribution is -2.38. The predicted octanol–water partition coefficient (Wildman–Crippen LogP) is 1.53. The Kier molecular flexibility index (Phi) is 4.05. The lowest BCUT2D eigenvalue weighted by molar-refractivity contribution is -0.136. The molecule has 1 saturated carbocycles. The highest BCUT2D eigenvalue weighted by Gasteiger charge is 2.35. The summed E-state index contributed by atoms with van der Waals surface area (Å²) in [5, 5.41) is 12.9. The number of nitrogens with one attached hydrogen (secondary N) is 2. The lowest BCUT2D eigenvalue weighted by atomic mass is 9.94. The molecule has 128 valence electrons. The van der Waals surface area contributed by atoms with Crippen molar-refractivity contribution in [2.45, 2.75) is 12.8 Å².